The molecule has 0 bridgehead atoms. The van der Waals surface area contributed by atoms with E-state index in [0.717, 1.165) is 24.2 Å². The average Bonchev–Trinajstić information content (AvgIpc) is 3.00. The quantitative estimate of drug-likeness (QED) is 0.754. The van der Waals surface area contributed by atoms with Crippen LogP contribution < -0.4 is 5.32 Å². The van der Waals surface area contributed by atoms with E-state index in [1.54, 1.807) is 11.5 Å². The monoisotopic (exact) mass is 329 g/mol. The van der Waals surface area contributed by atoms with Crippen LogP contribution in [-0.2, 0) is 0 Å². The maximum Gasteiger partial charge on any atom is 0.125 e. The van der Waals surface area contributed by atoms with Gasteiger partial charge in [-0.3, -0.25) is 10.3 Å². The number of nitrogens with zero attached hydrogens (tertiary/aromatic N) is 2. The van der Waals surface area contributed by atoms with Gasteiger partial charge in [-0.25, -0.2) is 0 Å². The molecule has 22 heavy (non-hydrogen) atoms. The first kappa shape index (κ1) is 15.2. The number of hydrogen-bond donors (Lipinski definition) is 1. The third kappa shape index (κ3) is 2.77. The van der Waals surface area contributed by atoms with Gasteiger partial charge in [-0.05, 0) is 29.6 Å². The van der Waals surface area contributed by atoms with E-state index in [9.17, 15) is 0 Å². The molecule has 2 aromatic carbocycles. The molecule has 1 atom stereocenters. The highest BCUT2D eigenvalue weighted by atomic mass is 35.5. The molecule has 0 radical (unpaired) electrons. The van der Waals surface area contributed by atoms with Crippen LogP contribution in [0.15, 0.2) is 53.5 Å². The molecule has 3 nitrogen and oxygen atoms in total. The van der Waals surface area contributed by atoms with Crippen LogP contribution in [0.1, 0.15) is 18.2 Å². The minimum absolute atomic E-state index is 0. The average molecular weight is 330 g/mol. The molecule has 3 aromatic rings. The first-order valence-electron chi connectivity index (χ1n) is 7.11. The van der Waals surface area contributed by atoms with Crippen molar-refractivity contribution in [1.29, 1.82) is 0 Å². The molecule has 112 valence electrons. The van der Waals surface area contributed by atoms with Crippen molar-refractivity contribution >= 4 is 40.2 Å². The standard InChI is InChI=1S/C17H15N3S.ClH/c1-2-5-15-14(4-1)16(20-21-15)12-6-8-13(9-7-12)17-18-10-3-11-19-17;/h1-2,4-10,17,19H,3,11H2;1H. The van der Waals surface area contributed by atoms with Crippen LogP contribution in [0.2, 0.25) is 0 Å². The minimum Gasteiger partial charge on any atom is -0.292 e. The van der Waals surface area contributed by atoms with E-state index in [-0.39, 0.29) is 18.6 Å². The lowest BCUT2D eigenvalue weighted by molar-refractivity contribution is 0.547. The first-order valence-corrected chi connectivity index (χ1v) is 7.89. The summed E-state index contributed by atoms with van der Waals surface area (Å²) >= 11 is 1.56. The van der Waals surface area contributed by atoms with Crippen LogP contribution in [0.4, 0.5) is 0 Å². The topological polar surface area (TPSA) is 37.3 Å². The fourth-order valence-corrected chi connectivity index (χ4v) is 3.43. The van der Waals surface area contributed by atoms with Crippen LogP contribution in [-0.4, -0.2) is 17.1 Å². The van der Waals surface area contributed by atoms with Gasteiger partial charge in [0.25, 0.3) is 0 Å². The van der Waals surface area contributed by atoms with E-state index in [2.05, 4.69) is 63.2 Å². The van der Waals surface area contributed by atoms with E-state index in [4.69, 9.17) is 0 Å². The zero-order valence-electron chi connectivity index (χ0n) is 11.9. The maximum absolute atomic E-state index is 4.60. The Hall–Kier alpha value is -1.75. The molecule has 1 N–H and O–H groups in total. The fraction of sp³-hybridized carbons (Fsp3) is 0.176. The number of benzene rings is 2. The smallest absolute Gasteiger partial charge is 0.125 e. The largest absolute Gasteiger partial charge is 0.292 e. The Bertz CT molecular complexity index is 795. The highest BCUT2D eigenvalue weighted by Crippen LogP contribution is 2.31. The van der Waals surface area contributed by atoms with Gasteiger partial charge in [-0.2, -0.15) is 4.37 Å². The van der Waals surface area contributed by atoms with Crippen LogP contribution >= 0.6 is 23.9 Å². The van der Waals surface area contributed by atoms with E-state index >= 15 is 0 Å². The van der Waals surface area contributed by atoms with Gasteiger partial charge in [0.15, 0.2) is 0 Å². The van der Waals surface area contributed by atoms with E-state index in [1.807, 2.05) is 6.21 Å². The summed E-state index contributed by atoms with van der Waals surface area (Å²) in [4.78, 5) is 4.49. The number of rotatable bonds is 2. The molecular formula is C17H16ClN3S. The SMILES string of the molecule is C1=NC(c2ccc(-c3nsc4ccccc34)cc2)NCC1.Cl. The lowest BCUT2D eigenvalue weighted by Gasteiger charge is -2.18. The Balaban J connectivity index is 0.00000144. The molecule has 1 aromatic heterocycles. The van der Waals surface area contributed by atoms with E-state index in [0.29, 0.717) is 0 Å². The van der Waals surface area contributed by atoms with E-state index in [1.165, 1.54) is 15.6 Å². The summed E-state index contributed by atoms with van der Waals surface area (Å²) in [5.41, 5.74) is 3.44. The van der Waals surface area contributed by atoms with Crippen molar-refractivity contribution in [2.75, 3.05) is 6.54 Å². The third-order valence-corrected chi connectivity index (χ3v) is 4.57. The summed E-state index contributed by atoms with van der Waals surface area (Å²) in [6.07, 6.45) is 3.11. The zero-order chi connectivity index (χ0) is 14.1. The molecule has 0 aliphatic carbocycles. The van der Waals surface area contributed by atoms with Crippen molar-refractivity contribution in [3.63, 3.8) is 0 Å². The van der Waals surface area contributed by atoms with Gasteiger partial charge in [0, 0.05) is 23.7 Å². The highest BCUT2D eigenvalue weighted by Gasteiger charge is 2.12. The van der Waals surface area contributed by atoms with Crippen molar-refractivity contribution in [2.24, 2.45) is 4.99 Å². The third-order valence-electron chi connectivity index (χ3n) is 3.74. The summed E-state index contributed by atoms with van der Waals surface area (Å²) in [6, 6.07) is 16.9. The van der Waals surface area contributed by atoms with Gasteiger partial charge >= 0.3 is 0 Å². The minimum atomic E-state index is 0. The first-order chi connectivity index (χ1) is 10.4. The van der Waals surface area contributed by atoms with Crippen LogP contribution in [0.5, 0.6) is 0 Å². The summed E-state index contributed by atoms with van der Waals surface area (Å²) in [6.45, 7) is 0.993. The number of halogens is 1. The molecule has 5 heteroatoms. The Kier molecular flexibility index (Phi) is 4.52. The van der Waals surface area contributed by atoms with Gasteiger partial charge in [-0.1, -0.05) is 42.5 Å². The molecule has 0 amide bonds. The van der Waals surface area contributed by atoms with Crippen LogP contribution in [0.3, 0.4) is 0 Å². The molecule has 1 unspecified atom stereocenters. The van der Waals surface area contributed by atoms with Crippen LogP contribution in [0, 0.1) is 0 Å². The summed E-state index contributed by atoms with van der Waals surface area (Å²) in [5, 5.41) is 4.63. The predicted octanol–water partition coefficient (Wildman–Crippen LogP) is 4.45. The Labute approximate surface area is 139 Å². The number of aliphatic imine (C=N–C) groups is 1. The number of nitrogens with one attached hydrogen (secondary N) is 1. The Morgan fingerprint density at radius 2 is 1.86 bits per heavy atom. The maximum atomic E-state index is 4.60. The summed E-state index contributed by atoms with van der Waals surface area (Å²) in [5.74, 6) is 0. The molecule has 2 heterocycles. The van der Waals surface area contributed by atoms with Gasteiger partial charge in [0.1, 0.15) is 6.17 Å². The summed E-state index contributed by atoms with van der Waals surface area (Å²) < 4.78 is 5.84. The molecule has 0 saturated carbocycles. The normalized spacial score (nSPS) is 17.4. The van der Waals surface area contributed by atoms with Gasteiger partial charge in [0.05, 0.1) is 10.4 Å². The molecular weight excluding hydrogens is 314 g/mol. The molecule has 0 spiro atoms. The van der Waals surface area contributed by atoms with Crippen molar-refractivity contribution in [3.8, 4) is 11.3 Å². The second-order valence-electron chi connectivity index (χ2n) is 5.13. The highest BCUT2D eigenvalue weighted by molar-refractivity contribution is 7.13. The predicted molar refractivity (Wildman–Crippen MR) is 96.2 cm³/mol. The molecule has 1 aliphatic rings. The second kappa shape index (κ2) is 6.57. The lowest BCUT2D eigenvalue weighted by atomic mass is 10.0. The molecule has 0 fully saturated rings. The fourth-order valence-electron chi connectivity index (χ4n) is 2.64. The van der Waals surface area contributed by atoms with Crippen molar-refractivity contribution in [3.05, 3.63) is 54.1 Å². The van der Waals surface area contributed by atoms with Gasteiger partial charge < -0.3 is 0 Å². The van der Waals surface area contributed by atoms with Gasteiger partial charge in [0.2, 0.25) is 0 Å². The van der Waals surface area contributed by atoms with Crippen molar-refractivity contribution in [1.82, 2.24) is 9.69 Å². The van der Waals surface area contributed by atoms with Crippen LogP contribution in [0.25, 0.3) is 21.3 Å². The van der Waals surface area contributed by atoms with Crippen molar-refractivity contribution < 1.29 is 0 Å². The lowest BCUT2D eigenvalue weighted by Crippen LogP contribution is -2.24. The van der Waals surface area contributed by atoms with Crippen molar-refractivity contribution in [2.45, 2.75) is 12.6 Å². The Morgan fingerprint density at radius 1 is 1.05 bits per heavy atom. The van der Waals surface area contributed by atoms with E-state index < -0.39 is 0 Å². The molecule has 1 aliphatic heterocycles. The zero-order valence-corrected chi connectivity index (χ0v) is 13.5. The number of hydrogen-bond acceptors (Lipinski definition) is 4. The molecule has 0 saturated heterocycles. The Morgan fingerprint density at radius 3 is 2.64 bits per heavy atom. The summed E-state index contributed by atoms with van der Waals surface area (Å²) in [7, 11) is 0. The number of fused-ring (bicyclic) bond motifs is 1. The molecule has 4 rings (SSSR count). The second-order valence-corrected chi connectivity index (χ2v) is 5.93. The number of aromatic nitrogens is 1. The van der Waals surface area contributed by atoms with Gasteiger partial charge in [-0.15, -0.1) is 12.4 Å².